The van der Waals surface area contributed by atoms with Crippen LogP contribution in [0.5, 0.6) is 5.75 Å². The van der Waals surface area contributed by atoms with Crippen molar-refractivity contribution < 1.29 is 87.6 Å². The number of rotatable bonds is 12. The molecule has 3 heterocycles. The number of fused-ring (bicyclic) bond motifs is 5. The first-order valence-electron chi connectivity index (χ1n) is 23.8. The molecule has 0 spiro atoms. The lowest BCUT2D eigenvalue weighted by atomic mass is 9.42. The van der Waals surface area contributed by atoms with E-state index in [-0.39, 0.29) is 43.1 Å². The Morgan fingerprint density at radius 3 is 1.94 bits per heavy atom. The Hall–Kier alpha value is -2.66. The van der Waals surface area contributed by atoms with Gasteiger partial charge in [0.1, 0.15) is 59.2 Å². The molecule has 0 bridgehead atoms. The van der Waals surface area contributed by atoms with E-state index in [1.165, 1.54) is 38.3 Å². The highest BCUT2D eigenvalue weighted by Crippen LogP contribution is 2.71. The summed E-state index contributed by atoms with van der Waals surface area (Å²) >= 11 is 0. The fourth-order valence-electron chi connectivity index (χ4n) is 13.2. The molecular weight excluding hydrogens is 877 g/mol. The number of hydrogen-bond donors (Lipinski definition) is 6. The summed E-state index contributed by atoms with van der Waals surface area (Å²) in [6, 6.07) is 5.56. The number of carbonyl (C=O) groups excluding carboxylic acids is 2. The number of aliphatic hydroxyl groups excluding tert-OH is 2. The van der Waals surface area contributed by atoms with Gasteiger partial charge in [-0.3, -0.25) is 4.79 Å². The number of hydrogen-bond acceptors (Lipinski definition) is 18. The molecule has 3 saturated heterocycles. The number of Topliss-reactive ketones (excluding diaryl/α,β-unsaturated/α-hetero) is 1. The Kier molecular flexibility index (Phi) is 14.3. The quantitative estimate of drug-likeness (QED) is 0.130. The van der Waals surface area contributed by atoms with Crippen LogP contribution in [0.1, 0.15) is 110 Å². The van der Waals surface area contributed by atoms with Crippen LogP contribution in [0.15, 0.2) is 35.9 Å². The van der Waals surface area contributed by atoms with Gasteiger partial charge in [-0.15, -0.1) is 0 Å². The number of phenolic OH excluding ortho intramolecular Hbond substituents is 1. The van der Waals surface area contributed by atoms with Gasteiger partial charge in [0, 0.05) is 40.1 Å². The summed E-state index contributed by atoms with van der Waals surface area (Å²) < 4.78 is 61.5. The Bertz CT molecular complexity index is 1980. The second-order valence-electron chi connectivity index (χ2n) is 20.6. The molecule has 21 atom stereocenters. The molecule has 18 heteroatoms. The van der Waals surface area contributed by atoms with Gasteiger partial charge in [-0.05, 0) is 109 Å². The normalized spacial score (nSPS) is 48.7. The van der Waals surface area contributed by atoms with Crippen LogP contribution in [0.25, 0.3) is 0 Å². The molecule has 0 amide bonds. The first kappa shape index (κ1) is 50.7. The number of benzene rings is 1. The zero-order chi connectivity index (χ0) is 48.6. The topological polar surface area (TPSA) is 248 Å². The highest BCUT2D eigenvalue weighted by molar-refractivity contribution is 5.90. The number of phenols is 1. The average Bonchev–Trinajstić information content (AvgIpc) is 3.52. The zero-order valence-corrected chi connectivity index (χ0v) is 40.1. The van der Waals surface area contributed by atoms with Crippen molar-refractivity contribution in [2.24, 2.45) is 16.7 Å². The van der Waals surface area contributed by atoms with E-state index in [9.17, 15) is 40.2 Å². The van der Waals surface area contributed by atoms with E-state index in [0.717, 1.165) is 5.57 Å². The molecule has 18 nitrogen and oxygen atoms in total. The summed E-state index contributed by atoms with van der Waals surface area (Å²) in [4.78, 5) is 27.0. The van der Waals surface area contributed by atoms with E-state index >= 15 is 0 Å². The molecule has 7 aliphatic rings. The maximum atomic E-state index is 13.7. The Morgan fingerprint density at radius 2 is 1.34 bits per heavy atom. The van der Waals surface area contributed by atoms with Crippen LogP contribution >= 0.6 is 0 Å². The van der Waals surface area contributed by atoms with Gasteiger partial charge in [-0.25, -0.2) is 4.79 Å². The van der Waals surface area contributed by atoms with Gasteiger partial charge in [0.15, 0.2) is 24.7 Å². The van der Waals surface area contributed by atoms with Crippen molar-refractivity contribution in [2.45, 2.75) is 208 Å². The summed E-state index contributed by atoms with van der Waals surface area (Å²) in [7, 11) is 4.59. The summed E-state index contributed by atoms with van der Waals surface area (Å²) in [6.07, 6.45) is -6.56. The monoisotopic (exact) mass is 948 g/mol. The molecule has 0 aromatic heterocycles. The van der Waals surface area contributed by atoms with Crippen molar-refractivity contribution in [1.82, 2.24) is 0 Å². The van der Waals surface area contributed by atoms with Crippen molar-refractivity contribution in [1.29, 1.82) is 0 Å². The molecule has 6 N–H and O–H groups in total. The fraction of sp³-hybridized carbons (Fsp3) is 0.796. The maximum Gasteiger partial charge on any atom is 0.338 e. The molecule has 0 radical (unpaired) electrons. The fourth-order valence-corrected chi connectivity index (χ4v) is 13.2. The smallest absolute Gasteiger partial charge is 0.338 e. The lowest BCUT2D eigenvalue weighted by molar-refractivity contribution is -0.352. The molecule has 376 valence electrons. The van der Waals surface area contributed by atoms with Crippen LogP contribution in [0, 0.1) is 16.7 Å². The minimum absolute atomic E-state index is 0.0331. The number of carbonyl (C=O) groups is 2. The molecule has 1 aromatic carbocycles. The molecule has 67 heavy (non-hydrogen) atoms. The maximum absolute atomic E-state index is 13.7. The Labute approximate surface area is 392 Å². The average molecular weight is 949 g/mol. The predicted molar refractivity (Wildman–Crippen MR) is 234 cm³/mol. The number of esters is 1. The minimum Gasteiger partial charge on any atom is -0.508 e. The lowest BCUT2D eigenvalue weighted by Crippen LogP contribution is -2.78. The third-order valence-electron chi connectivity index (χ3n) is 17.3. The summed E-state index contributed by atoms with van der Waals surface area (Å²) in [6.45, 7) is 10.3. The van der Waals surface area contributed by atoms with Crippen molar-refractivity contribution in [3.63, 3.8) is 0 Å². The van der Waals surface area contributed by atoms with Crippen LogP contribution in [0.4, 0.5) is 0 Å². The molecule has 1 aromatic rings. The van der Waals surface area contributed by atoms with Gasteiger partial charge in [0.05, 0.1) is 47.6 Å². The van der Waals surface area contributed by atoms with E-state index < -0.39 is 131 Å². The standard InChI is InChI=1S/C49H72O18/c1-24-38(52)42(60-9)39(53)44(63-24)67-41-26(3)62-37(22-33(41)59-8)66-40-25(2)61-36(21-32(40)58-7)64-31-15-16-45(5)29(20-31)14-17-48(56)34(45)23-35(65-43(54)28-10-12-30(51)13-11-28)46(6)47(55,27(4)50)18-19-49(46,48)57/h10-14,24-26,31-42,44,51-53,55-57H,15-23H2,1-9H3/t24-,25-,26-,31+,32+,33+,34-,35-,36+,37+,38-,39-,40-,41-,42-,44+,45+,46-,47-,48+,49-/m1/s1. The number of ketones is 1. The molecule has 3 saturated carbocycles. The highest BCUT2D eigenvalue weighted by atomic mass is 16.8. The molecule has 4 aliphatic carbocycles. The van der Waals surface area contributed by atoms with Gasteiger partial charge in [0.25, 0.3) is 0 Å². The van der Waals surface area contributed by atoms with Gasteiger partial charge in [-0.1, -0.05) is 18.6 Å². The Balaban J connectivity index is 0.928. The lowest BCUT2D eigenvalue weighted by Gasteiger charge is -2.67. The van der Waals surface area contributed by atoms with E-state index in [0.29, 0.717) is 32.1 Å². The van der Waals surface area contributed by atoms with Crippen LogP contribution in [-0.4, -0.2) is 173 Å². The third-order valence-corrected chi connectivity index (χ3v) is 17.3. The summed E-state index contributed by atoms with van der Waals surface area (Å²) in [5.41, 5.74) is -7.09. The largest absolute Gasteiger partial charge is 0.508 e. The third kappa shape index (κ3) is 8.31. The van der Waals surface area contributed by atoms with Crippen LogP contribution in [-0.2, 0) is 52.2 Å². The molecule has 0 unspecified atom stereocenters. The van der Waals surface area contributed by atoms with Gasteiger partial charge in [-0.2, -0.15) is 0 Å². The molecule has 6 fully saturated rings. The van der Waals surface area contributed by atoms with Gasteiger partial charge < -0.3 is 78.0 Å². The van der Waals surface area contributed by atoms with E-state index in [4.69, 9.17) is 47.4 Å². The summed E-state index contributed by atoms with van der Waals surface area (Å²) in [5, 5.41) is 69.1. The van der Waals surface area contributed by atoms with Gasteiger partial charge >= 0.3 is 5.97 Å². The molecule has 8 rings (SSSR count). The van der Waals surface area contributed by atoms with Crippen molar-refractivity contribution >= 4 is 11.8 Å². The second-order valence-corrected chi connectivity index (χ2v) is 20.6. The number of aromatic hydroxyl groups is 1. The number of aliphatic hydroxyl groups is 5. The minimum atomic E-state index is -2.08. The number of methoxy groups -OCH3 is 3. The first-order valence-corrected chi connectivity index (χ1v) is 23.8. The zero-order valence-electron chi connectivity index (χ0n) is 40.1. The highest BCUT2D eigenvalue weighted by Gasteiger charge is 2.81. The molecule has 3 aliphatic heterocycles. The van der Waals surface area contributed by atoms with Crippen LogP contribution in [0.2, 0.25) is 0 Å². The van der Waals surface area contributed by atoms with E-state index in [1.54, 1.807) is 28.1 Å². The first-order chi connectivity index (χ1) is 31.6. The second kappa shape index (κ2) is 18.8. The summed E-state index contributed by atoms with van der Waals surface area (Å²) in [5.74, 6) is -1.97. The van der Waals surface area contributed by atoms with Gasteiger partial charge in [0.2, 0.25) is 0 Å². The Morgan fingerprint density at radius 1 is 0.731 bits per heavy atom. The number of ether oxygens (including phenoxy) is 10. The molecular formula is C49H72O18. The van der Waals surface area contributed by atoms with E-state index in [1.807, 2.05) is 19.9 Å². The predicted octanol–water partition coefficient (Wildman–Crippen LogP) is 2.98. The van der Waals surface area contributed by atoms with Crippen molar-refractivity contribution in [3.8, 4) is 5.75 Å². The van der Waals surface area contributed by atoms with E-state index in [2.05, 4.69) is 6.92 Å². The van der Waals surface area contributed by atoms with Crippen molar-refractivity contribution in [2.75, 3.05) is 21.3 Å². The van der Waals surface area contributed by atoms with Crippen LogP contribution < -0.4 is 0 Å². The van der Waals surface area contributed by atoms with Crippen LogP contribution in [0.3, 0.4) is 0 Å². The van der Waals surface area contributed by atoms with Crippen molar-refractivity contribution in [3.05, 3.63) is 41.5 Å². The SMILES string of the molecule is CO[C@H]1[C@@H](O)[C@H](O[C@H]2[C@@H](OC)C[C@H](O[C@H]3[C@@H](OC)C[C@H](O[C@H]4CC[C@@]5(C)C(=CC[C@]6(O)[C@@H]5C[C@@H](OC(=O)c5ccc(O)cc5)[C@@]5(C)[C@]6(O)CC[C@@]5(O)C(C)=O)C4)O[C@@H]3C)O[C@@H]2C)O[C@H](C)[C@H]1O.